The molecule has 0 saturated heterocycles. The van der Waals surface area contributed by atoms with E-state index in [2.05, 4.69) is 10.2 Å². The summed E-state index contributed by atoms with van der Waals surface area (Å²) in [5.41, 5.74) is 3.13. The van der Waals surface area contributed by atoms with Crippen molar-refractivity contribution in [3.63, 3.8) is 0 Å². The van der Waals surface area contributed by atoms with Crippen LogP contribution in [0.5, 0.6) is 0 Å². The number of non-ortho nitro benzene ring substituents is 1. The van der Waals surface area contributed by atoms with Crippen LogP contribution in [0.15, 0.2) is 78.0 Å². The quantitative estimate of drug-likeness (QED) is 0.149. The summed E-state index contributed by atoms with van der Waals surface area (Å²) in [6.45, 7) is 2.01. The van der Waals surface area contributed by atoms with E-state index < -0.39 is 4.92 Å². The molecule has 0 fully saturated rings. The molecule has 9 heteroatoms. The van der Waals surface area contributed by atoms with Crippen LogP contribution in [0.25, 0.3) is 17.1 Å². The second-order valence-corrected chi connectivity index (χ2v) is 8.38. The van der Waals surface area contributed by atoms with Crippen LogP contribution < -0.4 is 0 Å². The highest BCUT2D eigenvalue weighted by molar-refractivity contribution is 7.99. The van der Waals surface area contributed by atoms with Crippen molar-refractivity contribution in [1.82, 2.24) is 14.8 Å². The number of aryl methyl sites for hydroxylation is 1. The molecular formula is C23H17ClN4O3S. The summed E-state index contributed by atoms with van der Waals surface area (Å²) in [4.78, 5) is 23.0. The molecule has 7 nitrogen and oxygen atoms in total. The zero-order valence-electron chi connectivity index (χ0n) is 16.9. The van der Waals surface area contributed by atoms with Crippen LogP contribution in [-0.2, 0) is 0 Å². The Bertz CT molecular complexity index is 1290. The van der Waals surface area contributed by atoms with Gasteiger partial charge in [0.2, 0.25) is 0 Å². The Morgan fingerprint density at radius 1 is 1.06 bits per heavy atom. The summed E-state index contributed by atoms with van der Waals surface area (Å²) < 4.78 is 1.89. The molecule has 160 valence electrons. The third-order valence-corrected chi connectivity index (χ3v) is 5.90. The van der Waals surface area contributed by atoms with E-state index in [1.165, 1.54) is 36.0 Å². The van der Waals surface area contributed by atoms with E-state index in [9.17, 15) is 14.9 Å². The van der Waals surface area contributed by atoms with Gasteiger partial charge in [0, 0.05) is 34.0 Å². The number of carbonyl (C=O) groups is 1. The lowest BCUT2D eigenvalue weighted by atomic mass is 10.1. The van der Waals surface area contributed by atoms with Gasteiger partial charge in [0.15, 0.2) is 16.8 Å². The first-order valence-corrected chi connectivity index (χ1v) is 11.0. The molecule has 32 heavy (non-hydrogen) atoms. The Morgan fingerprint density at radius 3 is 2.44 bits per heavy atom. The van der Waals surface area contributed by atoms with Gasteiger partial charge in [-0.2, -0.15) is 0 Å². The van der Waals surface area contributed by atoms with Gasteiger partial charge < -0.3 is 0 Å². The highest BCUT2D eigenvalue weighted by Crippen LogP contribution is 2.30. The van der Waals surface area contributed by atoms with Crippen LogP contribution in [0.1, 0.15) is 15.9 Å². The highest BCUT2D eigenvalue weighted by atomic mass is 35.5. The number of hydrogen-bond donors (Lipinski definition) is 0. The van der Waals surface area contributed by atoms with E-state index in [0.717, 1.165) is 16.8 Å². The lowest BCUT2D eigenvalue weighted by Gasteiger charge is -2.11. The maximum absolute atomic E-state index is 12.6. The molecular weight excluding hydrogens is 448 g/mol. The number of nitrogens with zero attached hydrogens (tertiary/aromatic N) is 4. The second-order valence-electron chi connectivity index (χ2n) is 7.00. The van der Waals surface area contributed by atoms with Gasteiger partial charge in [0.1, 0.15) is 0 Å². The molecule has 1 aromatic heterocycles. The molecule has 0 aliphatic rings. The minimum atomic E-state index is -0.496. The number of nitro benzene ring substituents is 1. The molecule has 1 heterocycles. The number of ketones is 1. The smallest absolute Gasteiger partial charge is 0.269 e. The molecule has 0 aliphatic heterocycles. The van der Waals surface area contributed by atoms with E-state index in [1.807, 2.05) is 54.0 Å². The second kappa shape index (κ2) is 9.33. The third-order valence-electron chi connectivity index (χ3n) is 4.74. The Morgan fingerprint density at radius 2 is 1.78 bits per heavy atom. The molecule has 0 saturated carbocycles. The zero-order valence-corrected chi connectivity index (χ0v) is 18.5. The minimum Gasteiger partial charge on any atom is -0.293 e. The number of benzene rings is 3. The average molecular weight is 465 g/mol. The van der Waals surface area contributed by atoms with Crippen LogP contribution >= 0.6 is 23.4 Å². The van der Waals surface area contributed by atoms with Gasteiger partial charge >= 0.3 is 0 Å². The Hall–Kier alpha value is -3.49. The molecule has 0 atom stereocenters. The van der Waals surface area contributed by atoms with Gasteiger partial charge in [-0.3, -0.25) is 19.5 Å². The summed E-state index contributed by atoms with van der Waals surface area (Å²) in [5, 5.41) is 20.6. The molecule has 0 unspecified atom stereocenters. The number of hydrogen-bond acceptors (Lipinski definition) is 6. The van der Waals surface area contributed by atoms with Gasteiger partial charge in [-0.15, -0.1) is 10.2 Å². The van der Waals surface area contributed by atoms with E-state index in [0.29, 0.717) is 21.6 Å². The van der Waals surface area contributed by atoms with Gasteiger partial charge in [-0.05, 0) is 43.3 Å². The fourth-order valence-corrected chi connectivity index (χ4v) is 4.12. The van der Waals surface area contributed by atoms with Crippen LogP contribution in [-0.4, -0.2) is 31.2 Å². The zero-order chi connectivity index (χ0) is 22.7. The van der Waals surface area contributed by atoms with Crippen LogP contribution in [0.4, 0.5) is 5.69 Å². The number of rotatable bonds is 7. The van der Waals surface area contributed by atoms with Crippen molar-refractivity contribution in [3.05, 3.63) is 99.1 Å². The van der Waals surface area contributed by atoms with E-state index in [1.54, 1.807) is 6.07 Å². The first kappa shape index (κ1) is 21.7. The molecule has 0 bridgehead atoms. The van der Waals surface area contributed by atoms with Crippen molar-refractivity contribution in [2.75, 3.05) is 5.75 Å². The maximum Gasteiger partial charge on any atom is 0.269 e. The topological polar surface area (TPSA) is 90.9 Å². The lowest BCUT2D eigenvalue weighted by molar-refractivity contribution is -0.384. The third kappa shape index (κ3) is 4.71. The number of carbonyl (C=O) groups excluding carboxylic acids is 1. The molecule has 4 aromatic rings. The van der Waals surface area contributed by atoms with E-state index in [-0.39, 0.29) is 17.2 Å². The summed E-state index contributed by atoms with van der Waals surface area (Å²) in [7, 11) is 0. The molecule has 4 rings (SSSR count). The summed E-state index contributed by atoms with van der Waals surface area (Å²) in [5.74, 6) is 0.562. The number of thioether (sulfide) groups is 1. The molecule has 0 aliphatic carbocycles. The molecule has 0 spiro atoms. The Labute approximate surface area is 193 Å². The molecule has 3 aromatic carbocycles. The molecule has 0 radical (unpaired) electrons. The summed E-state index contributed by atoms with van der Waals surface area (Å²) in [6.07, 6.45) is 0. The predicted octanol–water partition coefficient (Wildman–Crippen LogP) is 5.78. The maximum atomic E-state index is 12.6. The molecule has 0 amide bonds. The summed E-state index contributed by atoms with van der Waals surface area (Å²) in [6, 6.07) is 20.8. The Balaban J connectivity index is 1.64. The van der Waals surface area contributed by atoms with Gasteiger partial charge in [0.05, 0.1) is 10.7 Å². The number of aromatic nitrogens is 3. The Kier molecular flexibility index (Phi) is 6.34. The average Bonchev–Trinajstić information content (AvgIpc) is 3.22. The number of halogens is 1. The van der Waals surface area contributed by atoms with Crippen LogP contribution in [0, 0.1) is 17.0 Å². The van der Waals surface area contributed by atoms with Gasteiger partial charge in [-0.25, -0.2) is 0 Å². The number of Topliss-reactive ketones (excluding diaryl/α,β-unsaturated/α-hetero) is 1. The molecule has 0 N–H and O–H groups in total. The fraction of sp³-hybridized carbons (Fsp3) is 0.0870. The minimum absolute atomic E-state index is 0.0560. The van der Waals surface area contributed by atoms with Gasteiger partial charge in [-0.1, -0.05) is 53.2 Å². The monoisotopic (exact) mass is 464 g/mol. The van der Waals surface area contributed by atoms with Crippen molar-refractivity contribution >= 4 is 34.8 Å². The van der Waals surface area contributed by atoms with Gasteiger partial charge in [0.25, 0.3) is 5.69 Å². The van der Waals surface area contributed by atoms with Crippen molar-refractivity contribution in [1.29, 1.82) is 0 Å². The predicted molar refractivity (Wildman–Crippen MR) is 125 cm³/mol. The van der Waals surface area contributed by atoms with Crippen molar-refractivity contribution < 1.29 is 9.72 Å². The van der Waals surface area contributed by atoms with Crippen LogP contribution in [0.2, 0.25) is 5.02 Å². The van der Waals surface area contributed by atoms with Crippen molar-refractivity contribution in [2.24, 2.45) is 0 Å². The largest absolute Gasteiger partial charge is 0.293 e. The lowest BCUT2D eigenvalue weighted by Crippen LogP contribution is -2.05. The van der Waals surface area contributed by atoms with Crippen molar-refractivity contribution in [3.8, 4) is 17.1 Å². The highest BCUT2D eigenvalue weighted by Gasteiger charge is 2.18. The van der Waals surface area contributed by atoms with Crippen molar-refractivity contribution in [2.45, 2.75) is 12.1 Å². The SMILES string of the molecule is Cc1ccc(-n2c(SCC(=O)c3ccc([N+](=O)[O-])cc3)nnc2-c2cccc(Cl)c2)cc1. The van der Waals surface area contributed by atoms with E-state index in [4.69, 9.17) is 11.6 Å². The normalized spacial score (nSPS) is 10.8. The van der Waals surface area contributed by atoms with Crippen LogP contribution in [0.3, 0.4) is 0 Å². The standard InChI is InChI=1S/C23H17ClN4O3S/c1-15-5-9-19(10-6-15)27-22(17-3-2-4-18(24)13-17)25-26-23(27)32-14-21(29)16-7-11-20(12-8-16)28(30)31/h2-13H,14H2,1H3. The number of nitro groups is 1. The van der Waals surface area contributed by atoms with E-state index >= 15 is 0 Å². The first-order chi connectivity index (χ1) is 15.4. The fourth-order valence-electron chi connectivity index (χ4n) is 3.09. The first-order valence-electron chi connectivity index (χ1n) is 9.61. The summed E-state index contributed by atoms with van der Waals surface area (Å²) >= 11 is 7.42.